The summed E-state index contributed by atoms with van der Waals surface area (Å²) in [7, 11) is -0.521. The Balaban J connectivity index is 2.29. The molecule has 2 N–H and O–H groups in total. The van der Waals surface area contributed by atoms with E-state index in [0.29, 0.717) is 11.3 Å². The Labute approximate surface area is 153 Å². The Hall–Kier alpha value is -1.57. The summed E-state index contributed by atoms with van der Waals surface area (Å²) < 4.78 is 12.2. The Morgan fingerprint density at radius 3 is 2.08 bits per heavy atom. The number of rotatable bonds is 5. The number of carbonyl (C=O) groups excluding carboxylic acids is 2. The van der Waals surface area contributed by atoms with E-state index in [0.717, 1.165) is 11.0 Å². The van der Waals surface area contributed by atoms with Crippen molar-refractivity contribution in [1.29, 1.82) is 0 Å². The highest BCUT2D eigenvalue weighted by molar-refractivity contribution is 8.13. The van der Waals surface area contributed by atoms with E-state index in [-0.39, 0.29) is 5.12 Å². The van der Waals surface area contributed by atoms with Crippen molar-refractivity contribution in [3.05, 3.63) is 40.9 Å². The largest absolute Gasteiger partial charge is 0.491 e. The van der Waals surface area contributed by atoms with Crippen LogP contribution in [0.2, 0.25) is 0 Å². The number of nitrogens with two attached hydrogens (primary N) is 1. The number of primary amides is 1. The lowest BCUT2D eigenvalue weighted by Crippen LogP contribution is -2.41. The molecule has 134 valence electrons. The zero-order chi connectivity index (χ0) is 18.8. The average Bonchev–Trinajstić information content (AvgIpc) is 2.72. The molecule has 0 unspecified atom stereocenters. The van der Waals surface area contributed by atoms with Gasteiger partial charge in [0, 0.05) is 18.2 Å². The molecule has 1 aliphatic heterocycles. The van der Waals surface area contributed by atoms with Gasteiger partial charge in [-0.3, -0.25) is 9.59 Å². The van der Waals surface area contributed by atoms with Gasteiger partial charge in [0.1, 0.15) is 0 Å². The Morgan fingerprint density at radius 2 is 1.64 bits per heavy atom. The van der Waals surface area contributed by atoms with Crippen molar-refractivity contribution in [2.24, 2.45) is 5.73 Å². The Morgan fingerprint density at radius 1 is 1.12 bits per heavy atom. The number of amides is 1. The molecule has 0 saturated carbocycles. The smallest absolute Gasteiger partial charge is 0.400 e. The third-order valence-corrected chi connectivity index (χ3v) is 5.43. The molecule has 1 fully saturated rings. The van der Waals surface area contributed by atoms with E-state index >= 15 is 0 Å². The minimum absolute atomic E-state index is 0.0338. The number of benzene rings is 1. The molecule has 1 aromatic carbocycles. The van der Waals surface area contributed by atoms with Crippen LogP contribution in [0, 0.1) is 0 Å². The number of thioether (sulfide) groups is 1. The van der Waals surface area contributed by atoms with E-state index in [9.17, 15) is 9.59 Å². The van der Waals surface area contributed by atoms with E-state index in [1.165, 1.54) is 18.7 Å². The highest BCUT2D eigenvalue weighted by atomic mass is 32.2. The molecule has 7 heteroatoms. The van der Waals surface area contributed by atoms with Crippen LogP contribution in [-0.4, -0.2) is 35.1 Å². The van der Waals surface area contributed by atoms with Gasteiger partial charge in [0.15, 0.2) is 5.12 Å². The second-order valence-corrected chi connectivity index (χ2v) is 8.23. The maximum absolute atomic E-state index is 11.4. The second-order valence-electron chi connectivity index (χ2n) is 7.07. The van der Waals surface area contributed by atoms with E-state index in [2.05, 4.69) is 0 Å². The summed E-state index contributed by atoms with van der Waals surface area (Å²) >= 11 is 1.21. The molecule has 1 saturated heterocycles. The normalized spacial score (nSPS) is 19.1. The zero-order valence-electron chi connectivity index (χ0n) is 15.3. The van der Waals surface area contributed by atoms with Crippen molar-refractivity contribution in [3.8, 4) is 0 Å². The van der Waals surface area contributed by atoms with Crippen molar-refractivity contribution in [1.82, 2.24) is 0 Å². The summed E-state index contributed by atoms with van der Waals surface area (Å²) in [5.41, 5.74) is 6.57. The topological polar surface area (TPSA) is 78.6 Å². The van der Waals surface area contributed by atoms with Crippen LogP contribution in [0.1, 0.15) is 50.5 Å². The number of hydrogen-bond acceptors (Lipinski definition) is 5. The summed E-state index contributed by atoms with van der Waals surface area (Å²) in [5, 5.41) is 0.0338. The molecule has 2 rings (SSSR count). The van der Waals surface area contributed by atoms with Crippen molar-refractivity contribution in [2.45, 2.75) is 45.8 Å². The zero-order valence-corrected chi connectivity index (χ0v) is 16.1. The van der Waals surface area contributed by atoms with Gasteiger partial charge in [-0.1, -0.05) is 30.0 Å². The Bertz CT molecular complexity index is 682. The molecule has 1 heterocycles. The fourth-order valence-electron chi connectivity index (χ4n) is 2.31. The molecule has 0 atom stereocenters. The average molecular weight is 361 g/mol. The maximum atomic E-state index is 11.4. The van der Waals surface area contributed by atoms with Gasteiger partial charge in [-0.25, -0.2) is 0 Å². The van der Waals surface area contributed by atoms with Crippen LogP contribution in [-0.2, 0) is 14.1 Å². The lowest BCUT2D eigenvalue weighted by Gasteiger charge is -2.32. The van der Waals surface area contributed by atoms with Gasteiger partial charge in [-0.15, -0.1) is 0 Å². The predicted molar refractivity (Wildman–Crippen MR) is 102 cm³/mol. The van der Waals surface area contributed by atoms with Gasteiger partial charge in [0.2, 0.25) is 5.91 Å². The van der Waals surface area contributed by atoms with Crippen molar-refractivity contribution >= 4 is 36.0 Å². The summed E-state index contributed by atoms with van der Waals surface area (Å²) in [5.74, 6) is 0.0119. The number of carbonyl (C=O) groups is 2. The fourth-order valence-corrected chi connectivity index (χ4v) is 2.90. The molecule has 1 aromatic rings. The highest BCUT2D eigenvalue weighted by Gasteiger charge is 2.52. The SMILES string of the molecule is CC(=O)SCC(=Cc1ccc(C(N)=O)cc1)B1OC(C)(C)C(C)(C)O1. The molecule has 0 bridgehead atoms. The predicted octanol–water partition coefficient (Wildman–Crippen LogP) is 3.08. The van der Waals surface area contributed by atoms with Gasteiger partial charge in [0.05, 0.1) is 11.2 Å². The molecule has 25 heavy (non-hydrogen) atoms. The molecular weight excluding hydrogens is 337 g/mol. The molecular formula is C18H24BNO4S. The quantitative estimate of drug-likeness (QED) is 0.816. The molecule has 1 aliphatic rings. The Kier molecular flexibility index (Phi) is 5.81. The van der Waals surface area contributed by atoms with E-state index in [1.54, 1.807) is 12.1 Å². The monoisotopic (exact) mass is 361 g/mol. The third-order valence-electron chi connectivity index (χ3n) is 4.55. The summed E-state index contributed by atoms with van der Waals surface area (Å²) in [6.07, 6.45) is 1.93. The maximum Gasteiger partial charge on any atom is 0.491 e. The van der Waals surface area contributed by atoms with E-state index in [4.69, 9.17) is 15.0 Å². The highest BCUT2D eigenvalue weighted by Crippen LogP contribution is 2.39. The minimum atomic E-state index is -0.521. The van der Waals surface area contributed by atoms with Crippen molar-refractivity contribution in [3.63, 3.8) is 0 Å². The summed E-state index contributed by atoms with van der Waals surface area (Å²) in [4.78, 5) is 22.6. The molecule has 0 aliphatic carbocycles. The van der Waals surface area contributed by atoms with Crippen molar-refractivity contribution < 1.29 is 18.9 Å². The molecule has 0 radical (unpaired) electrons. The summed E-state index contributed by atoms with van der Waals surface area (Å²) in [6.45, 7) is 9.50. The molecule has 0 aromatic heterocycles. The van der Waals surface area contributed by atoms with Crippen LogP contribution in [0.25, 0.3) is 6.08 Å². The third kappa shape index (κ3) is 4.74. The first kappa shape index (κ1) is 19.8. The van der Waals surface area contributed by atoms with Crippen LogP contribution in [0.15, 0.2) is 29.7 Å². The standard InChI is InChI=1S/C18H24BNO4S/c1-12(21)25-11-15(19-23-17(2,3)18(4,5)24-19)10-13-6-8-14(9-7-13)16(20)22/h6-10H,11H2,1-5H3,(H2,20,22). The second kappa shape index (κ2) is 7.36. The molecule has 5 nitrogen and oxygen atoms in total. The van der Waals surface area contributed by atoms with Gasteiger partial charge < -0.3 is 15.0 Å². The summed E-state index contributed by atoms with van der Waals surface area (Å²) in [6, 6.07) is 6.97. The van der Waals surface area contributed by atoms with Crippen molar-refractivity contribution in [2.75, 3.05) is 5.75 Å². The molecule has 0 spiro atoms. The van der Waals surface area contributed by atoms with E-state index < -0.39 is 24.2 Å². The van der Waals surface area contributed by atoms with Gasteiger partial charge in [0.25, 0.3) is 0 Å². The molecule has 1 amide bonds. The van der Waals surface area contributed by atoms with Crippen LogP contribution in [0.4, 0.5) is 0 Å². The first-order valence-corrected chi connectivity index (χ1v) is 9.10. The van der Waals surface area contributed by atoms with E-state index in [1.807, 2.05) is 45.9 Å². The minimum Gasteiger partial charge on any atom is -0.400 e. The van der Waals surface area contributed by atoms with Gasteiger partial charge >= 0.3 is 7.12 Å². The first-order valence-electron chi connectivity index (χ1n) is 8.11. The first-order chi connectivity index (χ1) is 11.5. The lowest BCUT2D eigenvalue weighted by atomic mass is 9.78. The van der Waals surface area contributed by atoms with Gasteiger partial charge in [-0.2, -0.15) is 0 Å². The number of hydrogen-bond donors (Lipinski definition) is 1. The lowest BCUT2D eigenvalue weighted by molar-refractivity contribution is -0.109. The van der Waals surface area contributed by atoms with Crippen LogP contribution >= 0.6 is 11.8 Å². The van der Waals surface area contributed by atoms with Gasteiger partial charge in [-0.05, 0) is 50.9 Å². The van der Waals surface area contributed by atoms with Crippen LogP contribution in [0.3, 0.4) is 0 Å². The van der Waals surface area contributed by atoms with Crippen LogP contribution in [0.5, 0.6) is 0 Å². The van der Waals surface area contributed by atoms with Crippen LogP contribution < -0.4 is 5.73 Å². The fraction of sp³-hybridized carbons (Fsp3) is 0.444.